The summed E-state index contributed by atoms with van der Waals surface area (Å²) in [5.74, 6) is -0.513. The van der Waals surface area contributed by atoms with Gasteiger partial charge in [0.2, 0.25) is 0 Å². The molecule has 0 radical (unpaired) electrons. The van der Waals surface area contributed by atoms with Gasteiger partial charge in [0.1, 0.15) is 0 Å². The van der Waals surface area contributed by atoms with E-state index in [2.05, 4.69) is 27.3 Å². The SMILES string of the molecule is COCCN(CCC(=O)OC)C(=O)c1ccc(Cl)c(I)c1. The van der Waals surface area contributed by atoms with E-state index in [1.54, 1.807) is 30.2 Å². The van der Waals surface area contributed by atoms with E-state index in [1.165, 1.54) is 7.11 Å². The molecule has 0 saturated carbocycles. The minimum atomic E-state index is -0.351. The molecule has 0 aromatic heterocycles. The van der Waals surface area contributed by atoms with Crippen LogP contribution in [0.4, 0.5) is 0 Å². The first-order valence-corrected chi connectivity index (χ1v) is 7.75. The van der Waals surface area contributed by atoms with Gasteiger partial charge in [-0.15, -0.1) is 0 Å². The first-order chi connectivity index (χ1) is 9.99. The zero-order chi connectivity index (χ0) is 15.8. The van der Waals surface area contributed by atoms with Gasteiger partial charge in [-0.1, -0.05) is 11.6 Å². The fraction of sp³-hybridized carbons (Fsp3) is 0.429. The quantitative estimate of drug-likeness (QED) is 0.498. The van der Waals surface area contributed by atoms with Gasteiger partial charge in [-0.3, -0.25) is 9.59 Å². The van der Waals surface area contributed by atoms with Crippen LogP contribution in [0.3, 0.4) is 0 Å². The zero-order valence-electron chi connectivity index (χ0n) is 11.9. The van der Waals surface area contributed by atoms with Crippen LogP contribution >= 0.6 is 34.2 Å². The molecule has 0 N–H and O–H groups in total. The number of benzene rings is 1. The predicted molar refractivity (Wildman–Crippen MR) is 88.6 cm³/mol. The molecule has 21 heavy (non-hydrogen) atoms. The van der Waals surface area contributed by atoms with E-state index in [4.69, 9.17) is 16.3 Å². The van der Waals surface area contributed by atoms with E-state index in [0.29, 0.717) is 23.7 Å². The Morgan fingerprint density at radius 3 is 2.57 bits per heavy atom. The van der Waals surface area contributed by atoms with Gasteiger partial charge < -0.3 is 14.4 Å². The molecular formula is C14H17ClINO4. The number of hydrogen-bond donors (Lipinski definition) is 0. The molecule has 7 heteroatoms. The van der Waals surface area contributed by atoms with Gasteiger partial charge in [0.15, 0.2) is 0 Å². The Balaban J connectivity index is 2.82. The summed E-state index contributed by atoms with van der Waals surface area (Å²) in [5, 5.41) is 0.602. The third-order valence-corrected chi connectivity index (χ3v) is 4.37. The van der Waals surface area contributed by atoms with Crippen molar-refractivity contribution in [2.45, 2.75) is 6.42 Å². The summed E-state index contributed by atoms with van der Waals surface area (Å²) in [6.45, 7) is 1.09. The van der Waals surface area contributed by atoms with Crippen molar-refractivity contribution in [3.63, 3.8) is 0 Å². The molecule has 0 heterocycles. The average molecular weight is 426 g/mol. The number of ether oxygens (including phenoxy) is 2. The lowest BCUT2D eigenvalue weighted by Gasteiger charge is -2.22. The lowest BCUT2D eigenvalue weighted by Crippen LogP contribution is -2.35. The highest BCUT2D eigenvalue weighted by Gasteiger charge is 2.17. The molecule has 0 spiro atoms. The molecule has 116 valence electrons. The highest BCUT2D eigenvalue weighted by Crippen LogP contribution is 2.20. The molecule has 0 atom stereocenters. The third kappa shape index (κ3) is 5.80. The van der Waals surface area contributed by atoms with Crippen LogP contribution in [0.5, 0.6) is 0 Å². The monoisotopic (exact) mass is 425 g/mol. The summed E-state index contributed by atoms with van der Waals surface area (Å²) in [6.07, 6.45) is 0.149. The molecule has 0 aliphatic heterocycles. The van der Waals surface area contributed by atoms with Gasteiger partial charge in [-0.2, -0.15) is 0 Å². The number of hydrogen-bond acceptors (Lipinski definition) is 4. The largest absolute Gasteiger partial charge is 0.469 e. The molecule has 1 aromatic carbocycles. The predicted octanol–water partition coefficient (Wildman–Crippen LogP) is 2.60. The lowest BCUT2D eigenvalue weighted by atomic mass is 10.2. The summed E-state index contributed by atoms with van der Waals surface area (Å²) < 4.78 is 10.4. The van der Waals surface area contributed by atoms with Crippen molar-refractivity contribution in [3.8, 4) is 0 Å². The van der Waals surface area contributed by atoms with Crippen LogP contribution in [-0.4, -0.2) is 50.7 Å². The van der Waals surface area contributed by atoms with Crippen molar-refractivity contribution in [3.05, 3.63) is 32.4 Å². The van der Waals surface area contributed by atoms with Crippen LogP contribution in [0.25, 0.3) is 0 Å². The smallest absolute Gasteiger partial charge is 0.307 e. The Labute approximate surface area is 142 Å². The summed E-state index contributed by atoms with van der Waals surface area (Å²) >= 11 is 8.03. The minimum Gasteiger partial charge on any atom is -0.469 e. The second-order valence-electron chi connectivity index (χ2n) is 4.24. The van der Waals surface area contributed by atoms with Crippen molar-refractivity contribution in [1.29, 1.82) is 0 Å². The molecular weight excluding hydrogens is 409 g/mol. The van der Waals surface area contributed by atoms with Crippen LogP contribution in [0.2, 0.25) is 5.02 Å². The summed E-state index contributed by atoms with van der Waals surface area (Å²) in [6, 6.07) is 5.08. The van der Waals surface area contributed by atoms with Crippen molar-refractivity contribution in [1.82, 2.24) is 4.90 Å². The molecule has 5 nitrogen and oxygen atoms in total. The van der Waals surface area contributed by atoms with Crippen molar-refractivity contribution in [2.24, 2.45) is 0 Å². The van der Waals surface area contributed by atoms with Crippen LogP contribution in [0.15, 0.2) is 18.2 Å². The van der Waals surface area contributed by atoms with E-state index in [0.717, 1.165) is 3.57 Å². The molecule has 1 rings (SSSR count). The van der Waals surface area contributed by atoms with Crippen molar-refractivity contribution < 1.29 is 19.1 Å². The molecule has 0 unspecified atom stereocenters. The van der Waals surface area contributed by atoms with Gasteiger partial charge in [-0.25, -0.2) is 0 Å². The Hall–Kier alpha value is -0.860. The van der Waals surface area contributed by atoms with Gasteiger partial charge in [0.05, 0.1) is 25.2 Å². The zero-order valence-corrected chi connectivity index (χ0v) is 14.8. The van der Waals surface area contributed by atoms with E-state index in [9.17, 15) is 9.59 Å². The number of methoxy groups -OCH3 is 2. The number of halogens is 2. The van der Waals surface area contributed by atoms with Gasteiger partial charge in [0, 0.05) is 29.3 Å². The number of rotatable bonds is 7. The van der Waals surface area contributed by atoms with Crippen molar-refractivity contribution >= 4 is 46.1 Å². The topological polar surface area (TPSA) is 55.8 Å². The number of carbonyl (C=O) groups is 2. The second kappa shape index (κ2) is 9.22. The molecule has 0 aliphatic rings. The first kappa shape index (κ1) is 18.2. The fourth-order valence-electron chi connectivity index (χ4n) is 1.66. The molecule has 0 aliphatic carbocycles. The van der Waals surface area contributed by atoms with E-state index < -0.39 is 0 Å². The lowest BCUT2D eigenvalue weighted by molar-refractivity contribution is -0.140. The first-order valence-electron chi connectivity index (χ1n) is 6.29. The molecule has 1 amide bonds. The Morgan fingerprint density at radius 2 is 2.00 bits per heavy atom. The van der Waals surface area contributed by atoms with Crippen LogP contribution in [0.1, 0.15) is 16.8 Å². The number of amides is 1. The molecule has 0 fully saturated rings. The molecule has 0 saturated heterocycles. The number of esters is 1. The van der Waals surface area contributed by atoms with Crippen LogP contribution in [-0.2, 0) is 14.3 Å². The Morgan fingerprint density at radius 1 is 1.29 bits per heavy atom. The van der Waals surface area contributed by atoms with Crippen LogP contribution < -0.4 is 0 Å². The van der Waals surface area contributed by atoms with E-state index >= 15 is 0 Å². The Bertz CT molecular complexity index is 510. The molecule has 0 bridgehead atoms. The van der Waals surface area contributed by atoms with Crippen molar-refractivity contribution in [2.75, 3.05) is 33.9 Å². The highest BCUT2D eigenvalue weighted by molar-refractivity contribution is 14.1. The number of nitrogens with zero attached hydrogens (tertiary/aromatic N) is 1. The third-order valence-electron chi connectivity index (χ3n) is 2.83. The fourth-order valence-corrected chi connectivity index (χ4v) is 2.29. The molecule has 1 aromatic rings. The summed E-state index contributed by atoms with van der Waals surface area (Å²) in [4.78, 5) is 25.3. The highest BCUT2D eigenvalue weighted by atomic mass is 127. The van der Waals surface area contributed by atoms with Crippen LogP contribution in [0, 0.1) is 3.57 Å². The van der Waals surface area contributed by atoms with Gasteiger partial charge >= 0.3 is 5.97 Å². The maximum atomic E-state index is 12.5. The second-order valence-corrected chi connectivity index (χ2v) is 5.81. The maximum Gasteiger partial charge on any atom is 0.307 e. The Kier molecular flexibility index (Phi) is 7.98. The summed E-state index contributed by atoms with van der Waals surface area (Å²) in [5.41, 5.74) is 0.532. The van der Waals surface area contributed by atoms with E-state index in [1.807, 2.05) is 0 Å². The maximum absolute atomic E-state index is 12.5. The summed E-state index contributed by atoms with van der Waals surface area (Å²) in [7, 11) is 2.89. The standard InChI is InChI=1S/C14H17ClINO4/c1-20-8-7-17(6-5-13(18)21-2)14(19)10-3-4-11(15)12(16)9-10/h3-4,9H,5-8H2,1-2H3. The minimum absolute atomic E-state index is 0.149. The average Bonchev–Trinajstić information content (AvgIpc) is 2.49. The van der Waals surface area contributed by atoms with Gasteiger partial charge in [-0.05, 0) is 40.8 Å². The van der Waals surface area contributed by atoms with E-state index in [-0.39, 0.29) is 24.8 Å². The normalized spacial score (nSPS) is 10.3. The van der Waals surface area contributed by atoms with Gasteiger partial charge in [0.25, 0.3) is 5.91 Å². The number of carbonyl (C=O) groups excluding carboxylic acids is 2.